The minimum absolute atomic E-state index is 0.118. The number of rotatable bonds is 7. The van der Waals surface area contributed by atoms with Gasteiger partial charge in [0.1, 0.15) is 36.1 Å². The molecule has 158 valence electrons. The zero-order valence-electron chi connectivity index (χ0n) is 15.1. The molecule has 0 aliphatic carbocycles. The van der Waals surface area contributed by atoms with Crippen molar-refractivity contribution in [2.75, 3.05) is 19.8 Å². The Kier molecular flexibility index (Phi) is 6.99. The van der Waals surface area contributed by atoms with Crippen molar-refractivity contribution in [1.29, 1.82) is 0 Å². The van der Waals surface area contributed by atoms with Crippen LogP contribution < -0.4 is 0 Å². The Bertz CT molecular complexity index is 616. The summed E-state index contributed by atoms with van der Waals surface area (Å²) in [6.07, 6.45) is -9.52. The van der Waals surface area contributed by atoms with Crippen molar-refractivity contribution >= 4 is 0 Å². The molecule has 28 heavy (non-hydrogen) atoms. The number of ether oxygens (including phenoxy) is 4. The minimum atomic E-state index is -1.84. The second kappa shape index (κ2) is 9.09. The van der Waals surface area contributed by atoms with Crippen molar-refractivity contribution in [2.45, 2.75) is 55.3 Å². The number of hydrogen-bond acceptors (Lipinski definition) is 10. The highest BCUT2D eigenvalue weighted by molar-refractivity contribution is 5.13. The van der Waals surface area contributed by atoms with Crippen molar-refractivity contribution in [3.8, 4) is 0 Å². The molecule has 1 aromatic carbocycles. The maximum Gasteiger partial charge on any atom is 0.187 e. The van der Waals surface area contributed by atoms with Crippen molar-refractivity contribution in [1.82, 2.24) is 0 Å². The summed E-state index contributed by atoms with van der Waals surface area (Å²) < 4.78 is 21.5. The molecule has 0 radical (unpaired) electrons. The Hall–Kier alpha value is -1.18. The van der Waals surface area contributed by atoms with Gasteiger partial charge in [0.25, 0.3) is 0 Å². The number of aliphatic hydroxyl groups excluding tert-OH is 5. The van der Waals surface area contributed by atoms with Crippen LogP contribution >= 0.6 is 0 Å². The summed E-state index contributed by atoms with van der Waals surface area (Å²) in [6.45, 7) is -1.24. The second-order valence-electron chi connectivity index (χ2n) is 7.03. The first kappa shape index (κ1) is 21.5. The van der Waals surface area contributed by atoms with Gasteiger partial charge in [-0.3, -0.25) is 0 Å². The topological polar surface area (TPSA) is 158 Å². The van der Waals surface area contributed by atoms with E-state index in [0.29, 0.717) is 0 Å². The first-order chi connectivity index (χ1) is 13.4. The van der Waals surface area contributed by atoms with Crippen LogP contribution in [0, 0.1) is 0 Å². The van der Waals surface area contributed by atoms with Gasteiger partial charge in [-0.15, -0.1) is 0 Å². The molecule has 0 aromatic heterocycles. The molecule has 0 bridgehead atoms. The molecule has 0 saturated carbocycles. The molecule has 2 heterocycles. The molecule has 2 aliphatic rings. The van der Waals surface area contributed by atoms with E-state index in [1.54, 1.807) is 0 Å². The molecular formula is C18H26O10. The summed E-state index contributed by atoms with van der Waals surface area (Å²) in [6, 6.07) is 9.14. The molecular weight excluding hydrogens is 376 g/mol. The lowest BCUT2D eigenvalue weighted by Crippen LogP contribution is -2.59. The van der Waals surface area contributed by atoms with Crippen LogP contribution in [0.2, 0.25) is 0 Å². The van der Waals surface area contributed by atoms with Gasteiger partial charge >= 0.3 is 0 Å². The molecule has 8 atom stereocenters. The van der Waals surface area contributed by atoms with E-state index in [1.165, 1.54) is 0 Å². The van der Waals surface area contributed by atoms with Gasteiger partial charge in [0.15, 0.2) is 12.6 Å². The van der Waals surface area contributed by atoms with E-state index in [0.717, 1.165) is 5.56 Å². The first-order valence-corrected chi connectivity index (χ1v) is 8.95. The monoisotopic (exact) mass is 402 g/mol. The van der Waals surface area contributed by atoms with E-state index >= 15 is 0 Å². The molecule has 6 N–H and O–H groups in total. The number of hydrogen-bond donors (Lipinski definition) is 6. The van der Waals surface area contributed by atoms with Crippen LogP contribution in [0.15, 0.2) is 30.3 Å². The molecule has 2 aliphatic heterocycles. The zero-order chi connectivity index (χ0) is 20.3. The number of benzene rings is 1. The number of aliphatic hydroxyl groups is 6. The van der Waals surface area contributed by atoms with Gasteiger partial charge < -0.3 is 49.6 Å². The van der Waals surface area contributed by atoms with Crippen LogP contribution in [0.5, 0.6) is 0 Å². The molecule has 3 rings (SSSR count). The fraction of sp³-hybridized carbons (Fsp3) is 0.667. The Morgan fingerprint density at radius 3 is 2.32 bits per heavy atom. The molecule has 10 heteroatoms. The van der Waals surface area contributed by atoms with E-state index in [2.05, 4.69) is 0 Å². The Morgan fingerprint density at radius 1 is 0.964 bits per heavy atom. The zero-order valence-corrected chi connectivity index (χ0v) is 15.1. The van der Waals surface area contributed by atoms with Gasteiger partial charge in [-0.05, 0) is 5.56 Å². The van der Waals surface area contributed by atoms with Crippen LogP contribution in [-0.4, -0.2) is 99.2 Å². The highest BCUT2D eigenvalue weighted by atomic mass is 16.7. The molecule has 0 unspecified atom stereocenters. The van der Waals surface area contributed by atoms with Gasteiger partial charge in [-0.1, -0.05) is 30.3 Å². The SMILES string of the molecule is OC[C@]1(O)CO[C@@H](OC[C@H]2O[C@@H](OCc3ccccc3)[C@H](O)[C@@H](O)[C@@H]2O)[C@@H]1O. The van der Waals surface area contributed by atoms with Crippen LogP contribution in [0.3, 0.4) is 0 Å². The summed E-state index contributed by atoms with van der Waals surface area (Å²) in [5, 5.41) is 59.4. The van der Waals surface area contributed by atoms with E-state index < -0.39 is 55.3 Å². The van der Waals surface area contributed by atoms with E-state index in [9.17, 15) is 25.5 Å². The van der Waals surface area contributed by atoms with Crippen LogP contribution in [0.1, 0.15) is 5.56 Å². The fourth-order valence-corrected chi connectivity index (χ4v) is 3.07. The largest absolute Gasteiger partial charge is 0.393 e. The maximum absolute atomic E-state index is 10.1. The maximum atomic E-state index is 10.1. The first-order valence-electron chi connectivity index (χ1n) is 8.95. The Morgan fingerprint density at radius 2 is 1.68 bits per heavy atom. The minimum Gasteiger partial charge on any atom is -0.393 e. The van der Waals surface area contributed by atoms with Crippen molar-refractivity contribution in [2.24, 2.45) is 0 Å². The summed E-state index contributed by atoms with van der Waals surface area (Å²) in [7, 11) is 0. The van der Waals surface area contributed by atoms with Crippen molar-refractivity contribution < 1.29 is 49.6 Å². The quantitative estimate of drug-likeness (QED) is 0.287. The third-order valence-electron chi connectivity index (χ3n) is 4.93. The standard InChI is InChI=1S/C18H26O10/c19-8-18(24)9-27-17(15(18)23)26-7-11-12(20)13(21)14(22)16(28-11)25-6-10-4-2-1-3-5-10/h1-5,11-17,19-24H,6-9H2/t11-,12-,13+,14-,15+,16-,17-,18+/m1/s1. The predicted molar refractivity (Wildman–Crippen MR) is 91.6 cm³/mol. The van der Waals surface area contributed by atoms with Gasteiger partial charge in [-0.25, -0.2) is 0 Å². The van der Waals surface area contributed by atoms with Crippen LogP contribution in [0.4, 0.5) is 0 Å². The highest BCUT2D eigenvalue weighted by Gasteiger charge is 2.50. The summed E-state index contributed by atoms with van der Waals surface area (Å²) >= 11 is 0. The summed E-state index contributed by atoms with van der Waals surface area (Å²) in [5.41, 5.74) is -1.01. The van der Waals surface area contributed by atoms with Crippen LogP contribution in [0.25, 0.3) is 0 Å². The summed E-state index contributed by atoms with van der Waals surface area (Å²) in [5.74, 6) is 0. The van der Waals surface area contributed by atoms with Gasteiger partial charge in [0.05, 0.1) is 26.4 Å². The lowest BCUT2D eigenvalue weighted by molar-refractivity contribution is -0.312. The molecule has 0 spiro atoms. The molecule has 2 saturated heterocycles. The Balaban J connectivity index is 1.56. The smallest absolute Gasteiger partial charge is 0.187 e. The highest BCUT2D eigenvalue weighted by Crippen LogP contribution is 2.27. The fourth-order valence-electron chi connectivity index (χ4n) is 3.07. The lowest BCUT2D eigenvalue weighted by atomic mass is 9.99. The third-order valence-corrected chi connectivity index (χ3v) is 4.93. The third kappa shape index (κ3) is 4.52. The average molecular weight is 402 g/mol. The predicted octanol–water partition coefficient (Wildman–Crippen LogP) is -2.53. The van der Waals surface area contributed by atoms with Gasteiger partial charge in [-0.2, -0.15) is 0 Å². The molecule has 1 aromatic rings. The summed E-state index contributed by atoms with van der Waals surface area (Å²) in [4.78, 5) is 0. The normalized spacial score (nSPS) is 41.3. The van der Waals surface area contributed by atoms with E-state index in [1.807, 2.05) is 30.3 Å². The van der Waals surface area contributed by atoms with E-state index in [-0.39, 0.29) is 19.8 Å². The van der Waals surface area contributed by atoms with Gasteiger partial charge in [0.2, 0.25) is 0 Å². The van der Waals surface area contributed by atoms with E-state index in [4.69, 9.17) is 24.1 Å². The van der Waals surface area contributed by atoms with Gasteiger partial charge in [0, 0.05) is 0 Å². The molecule has 0 amide bonds. The second-order valence-corrected chi connectivity index (χ2v) is 7.03. The van der Waals surface area contributed by atoms with Crippen LogP contribution in [-0.2, 0) is 25.6 Å². The van der Waals surface area contributed by atoms with Crippen molar-refractivity contribution in [3.63, 3.8) is 0 Å². The molecule has 10 nitrogen and oxygen atoms in total. The Labute approximate surface area is 161 Å². The van der Waals surface area contributed by atoms with Crippen molar-refractivity contribution in [3.05, 3.63) is 35.9 Å². The average Bonchev–Trinajstić information content (AvgIpc) is 3.00. The lowest BCUT2D eigenvalue weighted by Gasteiger charge is -2.40. The molecule has 2 fully saturated rings.